The monoisotopic (exact) mass is 775 g/mol. The largest absolute Gasteiger partial charge is 0.480 e. The molecule has 3 aliphatic rings. The number of carboxylic acids is 2. The van der Waals surface area contributed by atoms with E-state index in [9.17, 15) is 75.3 Å². The summed E-state index contributed by atoms with van der Waals surface area (Å²) in [5.41, 5.74) is 5.60. The summed E-state index contributed by atoms with van der Waals surface area (Å²) >= 11 is 0. The number of hydrogen-bond donors (Lipinski definition) is 14. The van der Waals surface area contributed by atoms with Gasteiger partial charge in [-0.05, 0) is 6.92 Å². The van der Waals surface area contributed by atoms with Crippen LogP contribution in [0, 0.1) is 0 Å². The fourth-order valence-electron chi connectivity index (χ4n) is 6.16. The van der Waals surface area contributed by atoms with Crippen LogP contribution in [0.1, 0.15) is 27.2 Å². The number of ether oxygens (including phenoxy) is 6. The van der Waals surface area contributed by atoms with Gasteiger partial charge < -0.3 is 101 Å². The average Bonchev–Trinajstić information content (AvgIpc) is 3.09. The molecule has 53 heavy (non-hydrogen) atoms. The number of hydrogen-bond acceptors (Lipinski definition) is 20. The lowest BCUT2D eigenvalue weighted by atomic mass is 9.88. The Hall–Kier alpha value is -2.76. The van der Waals surface area contributed by atoms with E-state index >= 15 is 0 Å². The second-order valence-corrected chi connectivity index (χ2v) is 12.9. The average molecular weight is 776 g/mol. The van der Waals surface area contributed by atoms with E-state index in [1.165, 1.54) is 6.92 Å². The molecule has 3 fully saturated rings. The number of carbonyl (C=O) groups is 4. The first-order chi connectivity index (χ1) is 24.7. The minimum Gasteiger partial charge on any atom is -0.480 e. The van der Waals surface area contributed by atoms with Crippen molar-refractivity contribution in [3.05, 3.63) is 0 Å². The molecule has 18 atom stereocenters. The normalized spacial score (nSPS) is 40.0. The molecule has 0 bridgehead atoms. The molecular formula is C29H49N3O21. The molecule has 0 aromatic rings. The van der Waals surface area contributed by atoms with Gasteiger partial charge in [-0.2, -0.15) is 0 Å². The third-order valence-corrected chi connectivity index (χ3v) is 8.99. The zero-order chi connectivity index (χ0) is 40.1. The number of nitrogens with two attached hydrogens (primary N) is 1. The molecule has 3 aliphatic heterocycles. The molecule has 0 spiro atoms. The van der Waals surface area contributed by atoms with Gasteiger partial charge in [-0.1, -0.05) is 0 Å². The first kappa shape index (κ1) is 44.6. The maximum Gasteiger partial charge on any atom is 0.364 e. The fourth-order valence-corrected chi connectivity index (χ4v) is 6.16. The second-order valence-electron chi connectivity index (χ2n) is 12.9. The van der Waals surface area contributed by atoms with Gasteiger partial charge in [0.1, 0.15) is 73.1 Å². The quantitative estimate of drug-likeness (QED) is 0.0692. The zero-order valence-corrected chi connectivity index (χ0v) is 28.7. The molecule has 2 amide bonds. The lowest BCUT2D eigenvalue weighted by Gasteiger charge is -2.51. The summed E-state index contributed by atoms with van der Waals surface area (Å²) < 4.78 is 33.7. The summed E-state index contributed by atoms with van der Waals surface area (Å²) in [4.78, 5) is 48.0. The highest BCUT2D eigenvalue weighted by Gasteiger charge is 2.60. The van der Waals surface area contributed by atoms with Crippen molar-refractivity contribution in [1.82, 2.24) is 10.6 Å². The molecule has 15 N–H and O–H groups in total. The first-order valence-electron chi connectivity index (χ1n) is 16.4. The van der Waals surface area contributed by atoms with Crippen molar-refractivity contribution >= 4 is 23.8 Å². The zero-order valence-electron chi connectivity index (χ0n) is 28.7. The van der Waals surface area contributed by atoms with Crippen molar-refractivity contribution in [1.29, 1.82) is 0 Å². The lowest BCUT2D eigenvalue weighted by molar-refractivity contribution is -0.383. The molecule has 0 unspecified atom stereocenters. The van der Waals surface area contributed by atoms with Gasteiger partial charge in [0.2, 0.25) is 11.8 Å². The van der Waals surface area contributed by atoms with Crippen LogP contribution in [-0.4, -0.2) is 209 Å². The molecular weight excluding hydrogens is 726 g/mol. The number of rotatable bonds is 16. The number of carbonyl (C=O) groups excluding carboxylic acids is 2. The van der Waals surface area contributed by atoms with Crippen LogP contribution in [0.5, 0.6) is 0 Å². The van der Waals surface area contributed by atoms with Crippen molar-refractivity contribution < 1.29 is 104 Å². The molecule has 24 nitrogen and oxygen atoms in total. The fraction of sp³-hybridized carbons (Fsp3) is 0.862. The summed E-state index contributed by atoms with van der Waals surface area (Å²) in [5, 5.41) is 119. The Morgan fingerprint density at radius 1 is 0.849 bits per heavy atom. The van der Waals surface area contributed by atoms with Gasteiger partial charge >= 0.3 is 11.9 Å². The van der Waals surface area contributed by atoms with E-state index in [1.54, 1.807) is 0 Å². The number of amides is 2. The lowest BCUT2D eigenvalue weighted by Crippen LogP contribution is -2.71. The third kappa shape index (κ3) is 10.1. The standard InChI is InChI=1S/C29H49N3O21/c1-8(15(30)25(44)45)48-26-17(32-10(3)37)20(42)22(14(7-35)50-26)51-27-21(43)24(19(41)13(6-34)49-27)53-29(28(46)47)4-11(38)16(31-9(2)36)23(52-29)18(40)12(39)5-33/h8,11-24,26-27,33-35,38-43H,4-7,30H2,1-3H3,(H,31,36)(H,32,37)(H,44,45)(H,46,47)/t8-,11+,12-,13-,14-,15+,16-,17-,18-,19+,20-,21-,22-,23-,24+,26+,27+,29+/m1/s1. The summed E-state index contributed by atoms with van der Waals surface area (Å²) in [7, 11) is 0. The number of aliphatic carboxylic acids is 2. The number of aliphatic hydroxyl groups excluding tert-OH is 9. The smallest absolute Gasteiger partial charge is 0.364 e. The molecule has 0 aromatic carbocycles. The van der Waals surface area contributed by atoms with E-state index in [0.29, 0.717) is 0 Å². The van der Waals surface area contributed by atoms with Crippen molar-refractivity contribution in [2.75, 3.05) is 19.8 Å². The Labute approximate surface area is 300 Å². The summed E-state index contributed by atoms with van der Waals surface area (Å²) in [6.07, 6.45) is -27.5. The van der Waals surface area contributed by atoms with E-state index in [-0.39, 0.29) is 0 Å². The van der Waals surface area contributed by atoms with Crippen molar-refractivity contribution in [3.63, 3.8) is 0 Å². The van der Waals surface area contributed by atoms with E-state index in [1.807, 2.05) is 0 Å². The molecule has 306 valence electrons. The molecule has 0 aromatic heterocycles. The molecule has 3 heterocycles. The topological polar surface area (TPSA) is 396 Å². The van der Waals surface area contributed by atoms with E-state index in [2.05, 4.69) is 10.6 Å². The Bertz CT molecular complexity index is 1270. The van der Waals surface area contributed by atoms with Crippen LogP contribution >= 0.6 is 0 Å². The summed E-state index contributed by atoms with van der Waals surface area (Å²) in [6, 6.07) is -4.71. The van der Waals surface area contributed by atoms with Crippen LogP contribution in [0.15, 0.2) is 0 Å². The van der Waals surface area contributed by atoms with Crippen molar-refractivity contribution in [2.45, 2.75) is 137 Å². The van der Waals surface area contributed by atoms with Crippen LogP contribution in [0.4, 0.5) is 0 Å². The summed E-state index contributed by atoms with van der Waals surface area (Å²) in [5.74, 6) is -8.05. The van der Waals surface area contributed by atoms with Crippen molar-refractivity contribution in [3.8, 4) is 0 Å². The van der Waals surface area contributed by atoms with E-state index < -0.39 is 160 Å². The Balaban J connectivity index is 1.96. The second kappa shape index (κ2) is 18.7. The van der Waals surface area contributed by atoms with Crippen LogP contribution in [0.2, 0.25) is 0 Å². The third-order valence-electron chi connectivity index (χ3n) is 8.99. The van der Waals surface area contributed by atoms with Crippen LogP contribution in [-0.2, 0) is 47.6 Å². The minimum atomic E-state index is -3.08. The summed E-state index contributed by atoms with van der Waals surface area (Å²) in [6.45, 7) is 0.312. The van der Waals surface area contributed by atoms with E-state index in [4.69, 9.17) is 34.2 Å². The van der Waals surface area contributed by atoms with Gasteiger partial charge in [-0.3, -0.25) is 14.4 Å². The van der Waals surface area contributed by atoms with Crippen LogP contribution < -0.4 is 16.4 Å². The van der Waals surface area contributed by atoms with Gasteiger partial charge in [0, 0.05) is 20.3 Å². The van der Waals surface area contributed by atoms with Gasteiger partial charge in [0.15, 0.2) is 12.6 Å². The first-order valence-corrected chi connectivity index (χ1v) is 16.4. The molecule has 0 aliphatic carbocycles. The van der Waals surface area contributed by atoms with Gasteiger partial charge in [0.05, 0.1) is 38.1 Å². The highest BCUT2D eigenvalue weighted by Crippen LogP contribution is 2.38. The Morgan fingerprint density at radius 3 is 1.92 bits per heavy atom. The van der Waals surface area contributed by atoms with Gasteiger partial charge in [0.25, 0.3) is 5.79 Å². The van der Waals surface area contributed by atoms with Gasteiger partial charge in [-0.25, -0.2) is 4.79 Å². The SMILES string of the molecule is CC(=O)N[C@H]1[C@@H](O[C@H](C)[C@H](N)C(=O)O)O[C@H](CO)[C@@H](O[C@@H]2O[C@H](CO)[C@H](O)[C@H](O[C@]3(C(=O)O)C[C@H](O)[C@@H](NC(C)=O)[C@H]([C@H](O)[C@H](O)CO)O3)[C@H]2O)[C@@H]1O. The van der Waals surface area contributed by atoms with Crippen LogP contribution in [0.25, 0.3) is 0 Å². The highest BCUT2D eigenvalue weighted by molar-refractivity contribution is 5.77. The maximum atomic E-state index is 12.7. The number of aliphatic hydroxyl groups is 9. The highest BCUT2D eigenvalue weighted by atomic mass is 16.8. The number of nitrogens with one attached hydrogen (secondary N) is 2. The molecule has 0 saturated carbocycles. The number of carboxylic acid groups (broad SMARTS) is 2. The predicted molar refractivity (Wildman–Crippen MR) is 166 cm³/mol. The Morgan fingerprint density at radius 2 is 1.42 bits per heavy atom. The minimum absolute atomic E-state index is 0.738. The van der Waals surface area contributed by atoms with Crippen LogP contribution in [0.3, 0.4) is 0 Å². The van der Waals surface area contributed by atoms with Crippen molar-refractivity contribution in [2.24, 2.45) is 5.73 Å². The maximum absolute atomic E-state index is 12.7. The molecule has 3 saturated heterocycles. The van der Waals surface area contributed by atoms with Gasteiger partial charge in [-0.15, -0.1) is 0 Å². The van der Waals surface area contributed by atoms with E-state index in [0.717, 1.165) is 13.8 Å². The molecule has 3 rings (SSSR count). The Kier molecular flexibility index (Phi) is 15.8. The molecule has 0 radical (unpaired) electrons. The predicted octanol–water partition coefficient (Wildman–Crippen LogP) is -8.25. The molecule has 24 heteroatoms.